The summed E-state index contributed by atoms with van der Waals surface area (Å²) in [6, 6.07) is 4.18. The van der Waals surface area contributed by atoms with E-state index in [0.29, 0.717) is 5.69 Å². The van der Waals surface area contributed by atoms with Crippen molar-refractivity contribution in [2.45, 2.75) is 4.90 Å². The molecule has 0 spiro atoms. The molecule has 5 nitrogen and oxygen atoms in total. The van der Waals surface area contributed by atoms with Crippen molar-refractivity contribution in [3.8, 4) is 0 Å². The zero-order valence-corrected chi connectivity index (χ0v) is 7.93. The minimum atomic E-state index is -3.42. The Labute approximate surface area is 76.8 Å². The highest BCUT2D eigenvalue weighted by Gasteiger charge is 2.11. The summed E-state index contributed by atoms with van der Waals surface area (Å²) in [6.45, 7) is 0. The van der Waals surface area contributed by atoms with Crippen LogP contribution in [0.2, 0.25) is 0 Å². The molecule has 0 aliphatic rings. The second-order valence-corrected chi connectivity index (χ2v) is 4.38. The molecule has 0 saturated heterocycles. The van der Waals surface area contributed by atoms with Crippen molar-refractivity contribution in [2.75, 3.05) is 18.5 Å². The number of nitrogen functional groups attached to an aromatic ring is 2. The van der Waals surface area contributed by atoms with E-state index in [0.717, 1.165) is 0 Å². The van der Waals surface area contributed by atoms with Gasteiger partial charge in [0.2, 0.25) is 10.0 Å². The van der Waals surface area contributed by atoms with E-state index in [1.165, 1.54) is 25.2 Å². The standard InChI is InChI=1S/C7H11N3O2S/c1-10-13(11,12)5-2-3-6(8)7(9)4-5/h2-4,10H,8-9H2,1H3. The molecule has 6 heteroatoms. The molecule has 0 aliphatic heterocycles. The summed E-state index contributed by atoms with van der Waals surface area (Å²) in [6.07, 6.45) is 0. The number of hydrogen-bond acceptors (Lipinski definition) is 4. The molecule has 0 aromatic heterocycles. The number of hydrogen-bond donors (Lipinski definition) is 3. The van der Waals surface area contributed by atoms with Crippen LogP contribution in [0, 0.1) is 0 Å². The number of nitrogens with one attached hydrogen (secondary N) is 1. The van der Waals surface area contributed by atoms with Gasteiger partial charge < -0.3 is 11.5 Å². The van der Waals surface area contributed by atoms with Crippen LogP contribution in [-0.2, 0) is 10.0 Å². The highest BCUT2D eigenvalue weighted by Crippen LogP contribution is 2.18. The molecule has 1 aromatic carbocycles. The van der Waals surface area contributed by atoms with Crippen LogP contribution in [-0.4, -0.2) is 15.5 Å². The van der Waals surface area contributed by atoms with Gasteiger partial charge in [-0.3, -0.25) is 0 Å². The van der Waals surface area contributed by atoms with Crippen molar-refractivity contribution in [3.05, 3.63) is 18.2 Å². The first-order chi connectivity index (χ1) is 5.97. The zero-order valence-electron chi connectivity index (χ0n) is 7.11. The lowest BCUT2D eigenvalue weighted by atomic mass is 10.3. The van der Waals surface area contributed by atoms with Crippen molar-refractivity contribution in [2.24, 2.45) is 0 Å². The normalized spacial score (nSPS) is 11.5. The smallest absolute Gasteiger partial charge is 0.240 e. The third kappa shape index (κ3) is 1.90. The second-order valence-electron chi connectivity index (χ2n) is 2.50. The van der Waals surface area contributed by atoms with Crippen LogP contribution >= 0.6 is 0 Å². The van der Waals surface area contributed by atoms with Crippen molar-refractivity contribution >= 4 is 21.4 Å². The Morgan fingerprint density at radius 3 is 2.31 bits per heavy atom. The average molecular weight is 201 g/mol. The first-order valence-corrected chi connectivity index (χ1v) is 5.04. The molecule has 0 aliphatic carbocycles. The van der Waals surface area contributed by atoms with Crippen molar-refractivity contribution < 1.29 is 8.42 Å². The van der Waals surface area contributed by atoms with E-state index < -0.39 is 10.0 Å². The van der Waals surface area contributed by atoms with Gasteiger partial charge in [-0.1, -0.05) is 0 Å². The fourth-order valence-corrected chi connectivity index (χ4v) is 1.60. The van der Waals surface area contributed by atoms with Gasteiger partial charge in [0.15, 0.2) is 0 Å². The average Bonchev–Trinajstić information content (AvgIpc) is 2.09. The van der Waals surface area contributed by atoms with E-state index >= 15 is 0 Å². The lowest BCUT2D eigenvalue weighted by Gasteiger charge is -2.04. The van der Waals surface area contributed by atoms with Gasteiger partial charge in [-0.05, 0) is 25.2 Å². The third-order valence-electron chi connectivity index (χ3n) is 1.64. The van der Waals surface area contributed by atoms with Gasteiger partial charge in [0, 0.05) is 0 Å². The predicted octanol–water partition coefficient (Wildman–Crippen LogP) is -0.241. The van der Waals surface area contributed by atoms with E-state index in [2.05, 4.69) is 4.72 Å². The molecule has 0 fully saturated rings. The summed E-state index contributed by atoms with van der Waals surface area (Å²) in [5.74, 6) is 0. The van der Waals surface area contributed by atoms with Crippen molar-refractivity contribution in [1.82, 2.24) is 4.72 Å². The molecule has 0 atom stereocenters. The van der Waals surface area contributed by atoms with Gasteiger partial charge in [-0.2, -0.15) is 0 Å². The lowest BCUT2D eigenvalue weighted by molar-refractivity contribution is 0.588. The third-order valence-corrected chi connectivity index (χ3v) is 3.05. The summed E-state index contributed by atoms with van der Waals surface area (Å²) in [7, 11) is -2.09. The Morgan fingerprint density at radius 1 is 1.23 bits per heavy atom. The zero-order chi connectivity index (χ0) is 10.1. The van der Waals surface area contributed by atoms with E-state index in [9.17, 15) is 8.42 Å². The van der Waals surface area contributed by atoms with Crippen LogP contribution in [0.15, 0.2) is 23.1 Å². The first kappa shape index (κ1) is 9.82. The van der Waals surface area contributed by atoms with Gasteiger partial charge in [0.05, 0.1) is 16.3 Å². The SMILES string of the molecule is CNS(=O)(=O)c1ccc(N)c(N)c1. The van der Waals surface area contributed by atoms with E-state index in [1.54, 1.807) is 0 Å². The highest BCUT2D eigenvalue weighted by atomic mass is 32.2. The molecule has 13 heavy (non-hydrogen) atoms. The maximum atomic E-state index is 11.3. The Morgan fingerprint density at radius 2 is 1.85 bits per heavy atom. The molecule has 0 bridgehead atoms. The Hall–Kier alpha value is -1.27. The molecule has 5 N–H and O–H groups in total. The Bertz CT molecular complexity index is 414. The number of rotatable bonds is 2. The minimum Gasteiger partial charge on any atom is -0.397 e. The van der Waals surface area contributed by atoms with Gasteiger partial charge in [0.25, 0.3) is 0 Å². The largest absolute Gasteiger partial charge is 0.397 e. The van der Waals surface area contributed by atoms with Crippen LogP contribution in [0.5, 0.6) is 0 Å². The van der Waals surface area contributed by atoms with Gasteiger partial charge >= 0.3 is 0 Å². The number of sulfonamides is 1. The topological polar surface area (TPSA) is 98.2 Å². The van der Waals surface area contributed by atoms with Crippen molar-refractivity contribution in [1.29, 1.82) is 0 Å². The van der Waals surface area contributed by atoms with E-state index in [1.807, 2.05) is 0 Å². The van der Waals surface area contributed by atoms with Crippen molar-refractivity contribution in [3.63, 3.8) is 0 Å². The van der Waals surface area contributed by atoms with E-state index in [-0.39, 0.29) is 10.6 Å². The molecule has 0 radical (unpaired) electrons. The summed E-state index contributed by atoms with van der Waals surface area (Å²) >= 11 is 0. The van der Waals surface area contributed by atoms with Crippen LogP contribution < -0.4 is 16.2 Å². The van der Waals surface area contributed by atoms with Crippen LogP contribution in [0.4, 0.5) is 11.4 Å². The molecule has 1 rings (SSSR count). The number of anilines is 2. The summed E-state index contributed by atoms with van der Waals surface area (Å²) in [5.41, 5.74) is 11.5. The molecule has 0 saturated carbocycles. The molecule has 72 valence electrons. The van der Waals surface area contributed by atoms with Crippen LogP contribution in [0.1, 0.15) is 0 Å². The number of benzene rings is 1. The molecular weight excluding hydrogens is 190 g/mol. The molecule has 0 amide bonds. The minimum absolute atomic E-state index is 0.113. The first-order valence-electron chi connectivity index (χ1n) is 3.56. The molecular formula is C7H11N3O2S. The number of nitrogens with two attached hydrogens (primary N) is 2. The predicted molar refractivity (Wildman–Crippen MR) is 51.5 cm³/mol. The van der Waals surface area contributed by atoms with Gasteiger partial charge in [0.1, 0.15) is 0 Å². The van der Waals surface area contributed by atoms with Crippen LogP contribution in [0.25, 0.3) is 0 Å². The summed E-state index contributed by atoms with van der Waals surface area (Å²) < 4.78 is 24.7. The molecule has 1 aromatic rings. The Kier molecular flexibility index (Phi) is 2.44. The van der Waals surface area contributed by atoms with Gasteiger partial charge in [-0.15, -0.1) is 0 Å². The monoisotopic (exact) mass is 201 g/mol. The summed E-state index contributed by atoms with van der Waals surface area (Å²) in [5, 5.41) is 0. The fourth-order valence-electron chi connectivity index (χ4n) is 0.838. The molecule has 0 heterocycles. The van der Waals surface area contributed by atoms with E-state index in [4.69, 9.17) is 11.5 Å². The Balaban J connectivity index is 3.27. The maximum Gasteiger partial charge on any atom is 0.240 e. The quantitative estimate of drug-likeness (QED) is 0.575. The van der Waals surface area contributed by atoms with Crippen LogP contribution in [0.3, 0.4) is 0 Å². The summed E-state index contributed by atoms with van der Waals surface area (Å²) in [4.78, 5) is 0.113. The fraction of sp³-hybridized carbons (Fsp3) is 0.143. The maximum absolute atomic E-state index is 11.3. The second kappa shape index (κ2) is 3.23. The molecule has 0 unspecified atom stereocenters. The highest BCUT2D eigenvalue weighted by molar-refractivity contribution is 7.89. The lowest BCUT2D eigenvalue weighted by Crippen LogP contribution is -2.18. The van der Waals surface area contributed by atoms with Gasteiger partial charge in [-0.25, -0.2) is 13.1 Å².